The van der Waals surface area contributed by atoms with Crippen LogP contribution < -0.4 is 14.8 Å². The normalized spacial score (nSPS) is 11.9. The number of ether oxygens (including phenoxy) is 2. The standard InChI is InChI=1S/C20H23N3O4/c1-5-14(13-7-9-18(25-3)19(10-13)26-4)21-20(24)16-11-15(22-23-16)17-8-6-12(2)27-17/h6-11,14H,5H2,1-4H3,(H,21,24)(H,22,23)/t14-/m0/s1. The lowest BCUT2D eigenvalue weighted by Gasteiger charge is -2.18. The zero-order valence-corrected chi connectivity index (χ0v) is 15.8. The molecule has 142 valence electrons. The minimum atomic E-state index is -0.262. The third kappa shape index (κ3) is 3.97. The smallest absolute Gasteiger partial charge is 0.272 e. The summed E-state index contributed by atoms with van der Waals surface area (Å²) in [6.45, 7) is 3.87. The first-order chi connectivity index (χ1) is 13.0. The van der Waals surface area contributed by atoms with Gasteiger partial charge in [0.15, 0.2) is 23.0 Å². The van der Waals surface area contributed by atoms with Crippen molar-refractivity contribution in [1.29, 1.82) is 0 Å². The molecule has 3 rings (SSSR count). The number of aromatic nitrogens is 2. The highest BCUT2D eigenvalue weighted by Gasteiger charge is 2.19. The molecule has 0 aliphatic heterocycles. The Balaban J connectivity index is 1.77. The predicted molar refractivity (Wildman–Crippen MR) is 101 cm³/mol. The maximum absolute atomic E-state index is 12.6. The first kappa shape index (κ1) is 18.6. The average Bonchev–Trinajstić information content (AvgIpc) is 3.34. The van der Waals surface area contributed by atoms with E-state index in [1.807, 2.05) is 44.2 Å². The molecule has 0 bridgehead atoms. The van der Waals surface area contributed by atoms with Gasteiger partial charge in [-0.15, -0.1) is 0 Å². The zero-order chi connectivity index (χ0) is 19.4. The van der Waals surface area contributed by atoms with Gasteiger partial charge in [0.2, 0.25) is 0 Å². The van der Waals surface area contributed by atoms with Crippen LogP contribution in [0.2, 0.25) is 0 Å². The van der Waals surface area contributed by atoms with E-state index in [1.54, 1.807) is 20.3 Å². The number of hydrogen-bond donors (Lipinski definition) is 2. The number of amides is 1. The monoisotopic (exact) mass is 369 g/mol. The molecule has 0 saturated carbocycles. The van der Waals surface area contributed by atoms with Crippen LogP contribution in [0.15, 0.2) is 40.8 Å². The molecule has 2 aromatic heterocycles. The summed E-state index contributed by atoms with van der Waals surface area (Å²) < 4.78 is 16.2. The van der Waals surface area contributed by atoms with E-state index in [2.05, 4.69) is 15.5 Å². The molecule has 1 atom stereocenters. The highest BCUT2D eigenvalue weighted by molar-refractivity contribution is 5.93. The van der Waals surface area contributed by atoms with Crippen LogP contribution in [0.4, 0.5) is 0 Å². The quantitative estimate of drug-likeness (QED) is 0.660. The number of carbonyl (C=O) groups excluding carboxylic acids is 1. The number of carbonyl (C=O) groups is 1. The Hall–Kier alpha value is -3.22. The van der Waals surface area contributed by atoms with Gasteiger partial charge in [-0.2, -0.15) is 5.10 Å². The summed E-state index contributed by atoms with van der Waals surface area (Å²) in [5.74, 6) is 2.45. The topological polar surface area (TPSA) is 89.4 Å². The predicted octanol–water partition coefficient (Wildman–Crippen LogP) is 3.88. The number of H-pyrrole nitrogens is 1. The summed E-state index contributed by atoms with van der Waals surface area (Å²) in [4.78, 5) is 12.6. The molecule has 1 amide bonds. The van der Waals surface area contributed by atoms with E-state index < -0.39 is 0 Å². The Labute approximate surface area is 157 Å². The summed E-state index contributed by atoms with van der Waals surface area (Å²) in [6, 6.07) is 10.8. The molecule has 7 nitrogen and oxygen atoms in total. The van der Waals surface area contributed by atoms with Crippen molar-refractivity contribution in [2.24, 2.45) is 0 Å². The first-order valence-electron chi connectivity index (χ1n) is 8.70. The third-order valence-electron chi connectivity index (χ3n) is 4.34. The number of benzene rings is 1. The molecule has 27 heavy (non-hydrogen) atoms. The van der Waals surface area contributed by atoms with E-state index in [0.29, 0.717) is 28.6 Å². The summed E-state index contributed by atoms with van der Waals surface area (Å²) in [6.07, 6.45) is 0.718. The van der Waals surface area contributed by atoms with Crippen molar-refractivity contribution in [3.05, 3.63) is 53.4 Å². The van der Waals surface area contributed by atoms with Crippen molar-refractivity contribution in [3.8, 4) is 23.0 Å². The summed E-state index contributed by atoms with van der Waals surface area (Å²) >= 11 is 0. The van der Waals surface area contributed by atoms with E-state index in [1.165, 1.54) is 0 Å². The second kappa shape index (κ2) is 7.99. The van der Waals surface area contributed by atoms with E-state index in [9.17, 15) is 4.79 Å². The second-order valence-electron chi connectivity index (χ2n) is 6.13. The van der Waals surface area contributed by atoms with Gasteiger partial charge in [0.25, 0.3) is 5.91 Å². The minimum absolute atomic E-state index is 0.177. The molecule has 0 spiro atoms. The fourth-order valence-corrected chi connectivity index (χ4v) is 2.87. The second-order valence-corrected chi connectivity index (χ2v) is 6.13. The molecule has 1 aromatic carbocycles. The summed E-state index contributed by atoms with van der Waals surface area (Å²) in [5, 5.41) is 9.95. The maximum Gasteiger partial charge on any atom is 0.272 e. The fourth-order valence-electron chi connectivity index (χ4n) is 2.87. The fraction of sp³-hybridized carbons (Fsp3) is 0.300. The Morgan fingerprint density at radius 2 is 1.96 bits per heavy atom. The van der Waals surface area contributed by atoms with E-state index in [0.717, 1.165) is 17.7 Å². The summed E-state index contributed by atoms with van der Waals surface area (Å²) in [7, 11) is 3.18. The number of furan rings is 1. The van der Waals surface area contributed by atoms with Crippen molar-refractivity contribution in [3.63, 3.8) is 0 Å². The van der Waals surface area contributed by atoms with Crippen LogP contribution in [0.25, 0.3) is 11.5 Å². The highest BCUT2D eigenvalue weighted by Crippen LogP contribution is 2.31. The zero-order valence-electron chi connectivity index (χ0n) is 15.8. The van der Waals surface area contributed by atoms with Crippen molar-refractivity contribution in [1.82, 2.24) is 15.5 Å². The number of hydrogen-bond acceptors (Lipinski definition) is 5. The first-order valence-corrected chi connectivity index (χ1v) is 8.70. The Morgan fingerprint density at radius 3 is 2.59 bits per heavy atom. The van der Waals surface area contributed by atoms with Gasteiger partial charge in [-0.05, 0) is 43.2 Å². The molecule has 2 N–H and O–H groups in total. The van der Waals surface area contributed by atoms with Gasteiger partial charge in [-0.25, -0.2) is 0 Å². The summed E-state index contributed by atoms with van der Waals surface area (Å²) in [5.41, 5.74) is 1.89. The van der Waals surface area contributed by atoms with E-state index in [4.69, 9.17) is 13.9 Å². The Morgan fingerprint density at radius 1 is 1.19 bits per heavy atom. The van der Waals surface area contributed by atoms with E-state index in [-0.39, 0.29) is 11.9 Å². The van der Waals surface area contributed by atoms with Gasteiger partial charge in [-0.3, -0.25) is 9.89 Å². The number of nitrogens with zero attached hydrogens (tertiary/aromatic N) is 1. The molecule has 2 heterocycles. The van der Waals surface area contributed by atoms with Crippen molar-refractivity contribution >= 4 is 5.91 Å². The van der Waals surface area contributed by atoms with Crippen LogP contribution >= 0.6 is 0 Å². The minimum Gasteiger partial charge on any atom is -0.493 e. The van der Waals surface area contributed by atoms with Crippen molar-refractivity contribution in [2.45, 2.75) is 26.3 Å². The van der Waals surface area contributed by atoms with Crippen LogP contribution in [-0.2, 0) is 0 Å². The van der Waals surface area contributed by atoms with Gasteiger partial charge < -0.3 is 19.2 Å². The van der Waals surface area contributed by atoms with Crippen molar-refractivity contribution in [2.75, 3.05) is 14.2 Å². The van der Waals surface area contributed by atoms with Crippen LogP contribution in [0.1, 0.15) is 41.2 Å². The molecule has 0 fully saturated rings. The van der Waals surface area contributed by atoms with Crippen LogP contribution in [0.5, 0.6) is 11.5 Å². The van der Waals surface area contributed by atoms with Gasteiger partial charge >= 0.3 is 0 Å². The lowest BCUT2D eigenvalue weighted by molar-refractivity contribution is 0.0930. The lowest BCUT2D eigenvalue weighted by atomic mass is 10.0. The molecule has 0 aliphatic rings. The van der Waals surface area contributed by atoms with Crippen LogP contribution in [0, 0.1) is 6.92 Å². The molecule has 0 aliphatic carbocycles. The van der Waals surface area contributed by atoms with E-state index >= 15 is 0 Å². The van der Waals surface area contributed by atoms with Gasteiger partial charge in [0.05, 0.1) is 20.3 Å². The largest absolute Gasteiger partial charge is 0.493 e. The number of aromatic amines is 1. The van der Waals surface area contributed by atoms with Crippen LogP contribution in [-0.4, -0.2) is 30.3 Å². The van der Waals surface area contributed by atoms with Crippen molar-refractivity contribution < 1.29 is 18.7 Å². The Kier molecular flexibility index (Phi) is 5.49. The molecule has 0 unspecified atom stereocenters. The van der Waals surface area contributed by atoms with Gasteiger partial charge in [0.1, 0.15) is 11.5 Å². The van der Waals surface area contributed by atoms with Gasteiger partial charge in [0, 0.05) is 6.07 Å². The molecular weight excluding hydrogens is 346 g/mol. The number of methoxy groups -OCH3 is 2. The van der Waals surface area contributed by atoms with Crippen LogP contribution in [0.3, 0.4) is 0 Å². The molecular formula is C20H23N3O4. The third-order valence-corrected chi connectivity index (χ3v) is 4.34. The molecule has 0 radical (unpaired) electrons. The van der Waals surface area contributed by atoms with Gasteiger partial charge in [-0.1, -0.05) is 13.0 Å². The number of aryl methyl sites for hydroxylation is 1. The highest BCUT2D eigenvalue weighted by atomic mass is 16.5. The average molecular weight is 369 g/mol. The maximum atomic E-state index is 12.6. The molecule has 3 aromatic rings. The SMILES string of the molecule is CC[C@H](NC(=O)c1cc(-c2ccc(C)o2)[nH]n1)c1ccc(OC)c(OC)c1. The Bertz CT molecular complexity index is 929. The molecule has 7 heteroatoms. The number of nitrogens with one attached hydrogen (secondary N) is 2. The molecule has 0 saturated heterocycles. The number of rotatable bonds is 7. The lowest BCUT2D eigenvalue weighted by Crippen LogP contribution is -2.28.